The summed E-state index contributed by atoms with van der Waals surface area (Å²) in [5.74, 6) is -0.923. The molecule has 3 rings (SSSR count). The highest BCUT2D eigenvalue weighted by Crippen LogP contribution is 2.30. The number of rotatable bonds is 8. The first-order valence-electron chi connectivity index (χ1n) is 9.89. The van der Waals surface area contributed by atoms with E-state index in [0.717, 1.165) is 37.7 Å². The fourth-order valence-electron chi connectivity index (χ4n) is 3.49. The van der Waals surface area contributed by atoms with Gasteiger partial charge in [0.1, 0.15) is 6.61 Å². The minimum absolute atomic E-state index is 0.203. The predicted molar refractivity (Wildman–Crippen MR) is 120 cm³/mol. The maximum Gasteiger partial charge on any atom is 0.394 e. The maximum atomic E-state index is 10.5. The molecule has 11 heteroatoms. The van der Waals surface area contributed by atoms with Crippen molar-refractivity contribution in [2.75, 3.05) is 45.9 Å². The summed E-state index contributed by atoms with van der Waals surface area (Å²) in [6.45, 7) is 4.75. The Morgan fingerprint density at radius 1 is 0.969 bits per heavy atom. The van der Waals surface area contributed by atoms with Gasteiger partial charge in [0, 0.05) is 37.7 Å². The van der Waals surface area contributed by atoms with Crippen molar-refractivity contribution >= 4 is 28.0 Å². The normalized spacial score (nSPS) is 16.1. The predicted octanol–water partition coefficient (Wildman–Crippen LogP) is 2.50. The van der Waals surface area contributed by atoms with Crippen LogP contribution in [0.2, 0.25) is 5.02 Å². The molecule has 0 amide bonds. The van der Waals surface area contributed by atoms with E-state index in [1.165, 1.54) is 11.1 Å². The molecule has 0 aliphatic carbocycles. The maximum absolute atomic E-state index is 10.5. The van der Waals surface area contributed by atoms with Gasteiger partial charge in [0.2, 0.25) is 0 Å². The van der Waals surface area contributed by atoms with Crippen LogP contribution in [0.15, 0.2) is 54.6 Å². The van der Waals surface area contributed by atoms with E-state index in [1.807, 2.05) is 18.2 Å². The number of carboxylic acids is 1. The molecule has 1 aliphatic heterocycles. The van der Waals surface area contributed by atoms with Crippen LogP contribution < -0.4 is 0 Å². The molecule has 1 aliphatic rings. The molecule has 3 N–H and O–H groups in total. The van der Waals surface area contributed by atoms with E-state index in [1.54, 1.807) is 0 Å². The first kappa shape index (κ1) is 26.2. The molecular weight excluding hydrogens is 460 g/mol. The number of piperazine rings is 1. The lowest BCUT2D eigenvalue weighted by Gasteiger charge is -2.39. The van der Waals surface area contributed by atoms with Crippen LogP contribution in [0.1, 0.15) is 17.2 Å². The van der Waals surface area contributed by atoms with Gasteiger partial charge in [-0.05, 0) is 23.3 Å². The zero-order valence-corrected chi connectivity index (χ0v) is 19.0. The molecule has 2 aromatic rings. The number of nitrogens with zero attached hydrogens (tertiary/aromatic N) is 2. The number of carbonyl (C=O) groups is 1. The van der Waals surface area contributed by atoms with E-state index in [2.05, 4.69) is 46.2 Å². The first-order valence-corrected chi connectivity index (χ1v) is 11.7. The molecule has 32 heavy (non-hydrogen) atoms. The van der Waals surface area contributed by atoms with E-state index in [4.69, 9.17) is 39.0 Å². The lowest BCUT2D eigenvalue weighted by molar-refractivity contribution is -0.142. The molecule has 9 nitrogen and oxygen atoms in total. The van der Waals surface area contributed by atoms with Crippen LogP contribution in [0.25, 0.3) is 0 Å². The van der Waals surface area contributed by atoms with Crippen molar-refractivity contribution < 1.29 is 32.2 Å². The van der Waals surface area contributed by atoms with Gasteiger partial charge in [0.25, 0.3) is 0 Å². The smallest absolute Gasteiger partial charge is 0.394 e. The van der Waals surface area contributed by atoms with Crippen molar-refractivity contribution in [2.24, 2.45) is 0 Å². The summed E-state index contributed by atoms with van der Waals surface area (Å²) in [4.78, 5) is 15.3. The molecular formula is C21H27ClN2O7S. The summed E-state index contributed by atoms with van der Waals surface area (Å²) in [6.07, 6.45) is 0. The molecule has 2 aromatic carbocycles. The van der Waals surface area contributed by atoms with Crippen molar-refractivity contribution in [3.63, 3.8) is 0 Å². The number of halogens is 1. The van der Waals surface area contributed by atoms with Crippen LogP contribution in [-0.4, -0.2) is 84.3 Å². The average Bonchev–Trinajstić information content (AvgIpc) is 2.73. The van der Waals surface area contributed by atoms with Crippen LogP contribution in [0, 0.1) is 0 Å². The highest BCUT2D eigenvalue weighted by atomic mass is 35.5. The third kappa shape index (κ3) is 10.0. The summed E-state index contributed by atoms with van der Waals surface area (Å²) in [6, 6.07) is 18.8. The third-order valence-electron chi connectivity index (χ3n) is 4.85. The number of benzene rings is 2. The monoisotopic (exact) mass is 486 g/mol. The highest BCUT2D eigenvalue weighted by Gasteiger charge is 2.26. The molecule has 0 radical (unpaired) electrons. The van der Waals surface area contributed by atoms with E-state index < -0.39 is 16.4 Å². The van der Waals surface area contributed by atoms with Gasteiger partial charge in [0.15, 0.2) is 0 Å². The second-order valence-corrected chi connectivity index (χ2v) is 8.47. The van der Waals surface area contributed by atoms with Gasteiger partial charge in [-0.15, -0.1) is 0 Å². The Morgan fingerprint density at radius 2 is 1.50 bits per heavy atom. The number of carboxylic acid groups (broad SMARTS) is 1. The molecule has 0 aromatic heterocycles. The summed E-state index contributed by atoms with van der Waals surface area (Å²) < 4.78 is 36.7. The van der Waals surface area contributed by atoms with Crippen molar-refractivity contribution in [2.45, 2.75) is 6.04 Å². The Morgan fingerprint density at radius 3 is 2.03 bits per heavy atom. The van der Waals surface area contributed by atoms with E-state index in [-0.39, 0.29) is 12.6 Å². The lowest BCUT2D eigenvalue weighted by Crippen LogP contribution is -2.48. The van der Waals surface area contributed by atoms with E-state index in [0.29, 0.717) is 6.61 Å². The van der Waals surface area contributed by atoms with Gasteiger partial charge >= 0.3 is 16.4 Å². The van der Waals surface area contributed by atoms with Crippen LogP contribution in [0.4, 0.5) is 0 Å². The molecule has 1 fully saturated rings. The standard InChI is InChI=1S/C21H25ClN2O3.H2O4S/c22-19-8-6-18(7-9-19)21(17-4-2-1-3-5-17)24-12-10-23(11-13-24)14-15-27-16-20(25)26;1-5(2,3)4/h1-9,21H,10-16H2,(H,25,26);(H2,1,2,3,4)/t21-;/m1./s1. The van der Waals surface area contributed by atoms with Gasteiger partial charge in [-0.3, -0.25) is 18.9 Å². The number of hydrogen-bond donors (Lipinski definition) is 3. The topological polar surface area (TPSA) is 128 Å². The van der Waals surface area contributed by atoms with E-state index in [9.17, 15) is 4.79 Å². The number of hydrogen-bond acceptors (Lipinski definition) is 6. The highest BCUT2D eigenvalue weighted by molar-refractivity contribution is 7.79. The fourth-order valence-corrected chi connectivity index (χ4v) is 3.62. The Labute approximate surface area is 192 Å². The minimum Gasteiger partial charge on any atom is -0.480 e. The third-order valence-corrected chi connectivity index (χ3v) is 5.10. The molecule has 1 atom stereocenters. The van der Waals surface area contributed by atoms with Crippen molar-refractivity contribution in [1.29, 1.82) is 0 Å². The lowest BCUT2D eigenvalue weighted by atomic mass is 9.96. The zero-order valence-electron chi connectivity index (χ0n) is 17.4. The van der Waals surface area contributed by atoms with Gasteiger partial charge < -0.3 is 9.84 Å². The van der Waals surface area contributed by atoms with Gasteiger partial charge in [-0.1, -0.05) is 54.1 Å². The van der Waals surface area contributed by atoms with Crippen LogP contribution >= 0.6 is 11.6 Å². The Balaban J connectivity index is 0.000000654. The summed E-state index contributed by atoms with van der Waals surface area (Å²) >= 11 is 6.08. The van der Waals surface area contributed by atoms with Gasteiger partial charge in [-0.2, -0.15) is 8.42 Å². The molecule has 0 spiro atoms. The Kier molecular flexibility index (Phi) is 10.5. The minimum atomic E-state index is -4.67. The SMILES string of the molecule is O=C(O)COCCN1CCN([C@H](c2ccccc2)c2ccc(Cl)cc2)CC1.O=S(=O)(O)O. The average molecular weight is 487 g/mol. The number of aliphatic carboxylic acids is 1. The zero-order chi connectivity index (χ0) is 23.6. The molecule has 0 bridgehead atoms. The van der Waals surface area contributed by atoms with Crippen LogP contribution in [0.3, 0.4) is 0 Å². The second kappa shape index (κ2) is 12.9. The quantitative estimate of drug-likeness (QED) is 0.380. The van der Waals surface area contributed by atoms with Crippen LogP contribution in [-0.2, 0) is 19.9 Å². The summed E-state index contributed by atoms with van der Waals surface area (Å²) in [5.41, 5.74) is 2.52. The van der Waals surface area contributed by atoms with Crippen molar-refractivity contribution in [3.8, 4) is 0 Å². The Bertz CT molecular complexity index is 926. The first-order chi connectivity index (χ1) is 15.1. The number of ether oxygens (including phenoxy) is 1. The molecule has 0 saturated carbocycles. The largest absolute Gasteiger partial charge is 0.480 e. The van der Waals surface area contributed by atoms with Gasteiger partial charge in [0.05, 0.1) is 12.6 Å². The molecule has 0 unspecified atom stereocenters. The van der Waals surface area contributed by atoms with Crippen molar-refractivity contribution in [1.82, 2.24) is 9.80 Å². The second-order valence-electron chi connectivity index (χ2n) is 7.14. The van der Waals surface area contributed by atoms with Crippen LogP contribution in [0.5, 0.6) is 0 Å². The Hall–Kier alpha value is -2.05. The molecule has 1 saturated heterocycles. The van der Waals surface area contributed by atoms with E-state index >= 15 is 0 Å². The summed E-state index contributed by atoms with van der Waals surface area (Å²) in [7, 11) is -4.67. The summed E-state index contributed by atoms with van der Waals surface area (Å²) in [5, 5.41) is 9.37. The molecule has 176 valence electrons. The molecule has 1 heterocycles. The van der Waals surface area contributed by atoms with Crippen molar-refractivity contribution in [3.05, 3.63) is 70.7 Å². The van der Waals surface area contributed by atoms with Gasteiger partial charge in [-0.25, -0.2) is 4.79 Å². The fraction of sp³-hybridized carbons (Fsp3) is 0.381.